The summed E-state index contributed by atoms with van der Waals surface area (Å²) >= 11 is 0. The normalized spacial score (nSPS) is 11.5. The molecule has 0 unspecified atom stereocenters. The SMILES string of the molecule is Cc1cc(C(=O)[O-])cc(S(=O)(=O)N(C)c2ccc3ccccc3c2)c1C. The minimum Gasteiger partial charge on any atom is -0.545 e. The molecule has 0 saturated carbocycles. The van der Waals surface area contributed by atoms with E-state index in [1.165, 1.54) is 17.4 Å². The summed E-state index contributed by atoms with van der Waals surface area (Å²) in [5.41, 5.74) is 1.44. The lowest BCUT2D eigenvalue weighted by molar-refractivity contribution is -0.255. The number of carboxylic acid groups (broad SMARTS) is 1. The summed E-state index contributed by atoms with van der Waals surface area (Å²) in [6.45, 7) is 3.34. The van der Waals surface area contributed by atoms with Crippen LogP contribution in [0, 0.1) is 13.8 Å². The molecule has 3 aromatic carbocycles. The molecule has 0 amide bonds. The Kier molecular flexibility index (Phi) is 4.46. The molecule has 6 heteroatoms. The molecule has 0 aliphatic heterocycles. The van der Waals surface area contributed by atoms with Crippen LogP contribution in [-0.4, -0.2) is 21.4 Å². The van der Waals surface area contributed by atoms with Gasteiger partial charge in [-0.1, -0.05) is 30.3 Å². The van der Waals surface area contributed by atoms with E-state index in [0.29, 0.717) is 16.8 Å². The fourth-order valence-electron chi connectivity index (χ4n) is 2.87. The number of nitrogens with zero attached hydrogens (tertiary/aromatic N) is 1. The van der Waals surface area contributed by atoms with Crippen LogP contribution in [0.25, 0.3) is 10.8 Å². The highest BCUT2D eigenvalue weighted by molar-refractivity contribution is 7.92. The quantitative estimate of drug-likeness (QED) is 0.709. The molecule has 0 N–H and O–H groups in total. The lowest BCUT2D eigenvalue weighted by Crippen LogP contribution is -2.28. The zero-order valence-electron chi connectivity index (χ0n) is 14.7. The summed E-state index contributed by atoms with van der Waals surface area (Å²) in [4.78, 5) is 11.2. The van der Waals surface area contributed by atoms with Crippen molar-refractivity contribution in [2.24, 2.45) is 0 Å². The number of carbonyl (C=O) groups is 1. The van der Waals surface area contributed by atoms with Crippen molar-refractivity contribution >= 4 is 32.5 Å². The van der Waals surface area contributed by atoms with Crippen LogP contribution in [0.3, 0.4) is 0 Å². The Morgan fingerprint density at radius 1 is 0.962 bits per heavy atom. The first-order valence-corrected chi connectivity index (χ1v) is 9.46. The number of sulfonamides is 1. The van der Waals surface area contributed by atoms with Crippen molar-refractivity contribution in [3.63, 3.8) is 0 Å². The Hall–Kier alpha value is -2.86. The molecule has 5 nitrogen and oxygen atoms in total. The number of anilines is 1. The van der Waals surface area contributed by atoms with Crippen molar-refractivity contribution < 1.29 is 18.3 Å². The Morgan fingerprint density at radius 3 is 2.27 bits per heavy atom. The summed E-state index contributed by atoms with van der Waals surface area (Å²) in [6, 6.07) is 15.6. The maximum Gasteiger partial charge on any atom is 0.264 e. The van der Waals surface area contributed by atoms with Gasteiger partial charge >= 0.3 is 0 Å². The number of carbonyl (C=O) groups excluding carboxylic acids is 1. The lowest BCUT2D eigenvalue weighted by Gasteiger charge is -2.22. The summed E-state index contributed by atoms with van der Waals surface area (Å²) < 4.78 is 27.4. The zero-order chi connectivity index (χ0) is 19.1. The maximum absolute atomic E-state index is 13.1. The predicted molar refractivity (Wildman–Crippen MR) is 99.8 cm³/mol. The summed E-state index contributed by atoms with van der Waals surface area (Å²) in [5.74, 6) is -1.40. The second kappa shape index (κ2) is 6.46. The fourth-order valence-corrected chi connectivity index (χ4v) is 4.38. The Bertz CT molecular complexity index is 1120. The second-order valence-corrected chi connectivity index (χ2v) is 8.15. The van der Waals surface area contributed by atoms with Crippen LogP contribution < -0.4 is 9.41 Å². The van der Waals surface area contributed by atoms with Gasteiger partial charge in [-0.2, -0.15) is 0 Å². The van der Waals surface area contributed by atoms with Crippen molar-refractivity contribution in [3.8, 4) is 0 Å². The van der Waals surface area contributed by atoms with Gasteiger partial charge in [-0.05, 0) is 65.6 Å². The standard InChI is InChI=1S/C20H19NO4S/c1-13-10-17(20(22)23)12-19(14(13)2)26(24,25)21(3)18-9-8-15-6-4-5-7-16(15)11-18/h4-12H,1-3H3,(H,22,23)/p-1. The largest absolute Gasteiger partial charge is 0.545 e. The number of hydrogen-bond donors (Lipinski definition) is 0. The molecule has 0 fully saturated rings. The van der Waals surface area contributed by atoms with Gasteiger partial charge in [-0.15, -0.1) is 0 Å². The van der Waals surface area contributed by atoms with E-state index in [9.17, 15) is 18.3 Å². The van der Waals surface area contributed by atoms with Crippen molar-refractivity contribution in [1.29, 1.82) is 0 Å². The summed E-state index contributed by atoms with van der Waals surface area (Å²) in [7, 11) is -2.47. The first kappa shape index (κ1) is 17.9. The zero-order valence-corrected chi connectivity index (χ0v) is 15.5. The molecule has 0 aliphatic carbocycles. The van der Waals surface area contributed by atoms with E-state index in [0.717, 1.165) is 16.8 Å². The van der Waals surface area contributed by atoms with Crippen molar-refractivity contribution in [3.05, 3.63) is 71.3 Å². The molecular weight excluding hydrogens is 350 g/mol. The van der Waals surface area contributed by atoms with Crippen LogP contribution in [0.1, 0.15) is 21.5 Å². The molecule has 3 aromatic rings. The molecule has 134 valence electrons. The number of hydrogen-bond acceptors (Lipinski definition) is 4. The number of benzene rings is 3. The smallest absolute Gasteiger partial charge is 0.264 e. The van der Waals surface area contributed by atoms with Gasteiger partial charge in [0.25, 0.3) is 10.0 Å². The molecule has 0 bridgehead atoms. The molecule has 0 aliphatic rings. The van der Waals surface area contributed by atoms with Gasteiger partial charge in [0, 0.05) is 7.05 Å². The molecule has 3 rings (SSSR count). The minimum atomic E-state index is -3.93. The molecule has 0 aromatic heterocycles. The van der Waals surface area contributed by atoms with Crippen molar-refractivity contribution in [2.45, 2.75) is 18.7 Å². The third kappa shape index (κ3) is 3.04. The number of rotatable bonds is 4. The van der Waals surface area contributed by atoms with Crippen LogP contribution in [0.15, 0.2) is 59.5 Å². The second-order valence-electron chi connectivity index (χ2n) is 6.21. The van der Waals surface area contributed by atoms with Crippen LogP contribution in [0.2, 0.25) is 0 Å². The van der Waals surface area contributed by atoms with Crippen LogP contribution in [-0.2, 0) is 10.0 Å². The van der Waals surface area contributed by atoms with E-state index in [1.54, 1.807) is 26.0 Å². The van der Waals surface area contributed by atoms with E-state index in [2.05, 4.69) is 0 Å². The monoisotopic (exact) mass is 368 g/mol. The van der Waals surface area contributed by atoms with Gasteiger partial charge in [0.2, 0.25) is 0 Å². The van der Waals surface area contributed by atoms with E-state index in [1.807, 2.05) is 30.3 Å². The Morgan fingerprint density at radius 2 is 1.62 bits per heavy atom. The highest BCUT2D eigenvalue weighted by atomic mass is 32.2. The third-order valence-corrected chi connectivity index (χ3v) is 6.50. The van der Waals surface area contributed by atoms with E-state index in [4.69, 9.17) is 0 Å². The number of carboxylic acids is 1. The van der Waals surface area contributed by atoms with Crippen LogP contribution in [0.5, 0.6) is 0 Å². The van der Waals surface area contributed by atoms with E-state index in [-0.39, 0.29) is 10.5 Å². The third-order valence-electron chi connectivity index (χ3n) is 4.59. The Labute approximate surface area is 152 Å². The van der Waals surface area contributed by atoms with Crippen molar-refractivity contribution in [2.75, 3.05) is 11.4 Å². The number of aromatic carboxylic acids is 1. The predicted octanol–water partition coefficient (Wildman–Crippen LogP) is 2.65. The van der Waals surface area contributed by atoms with Crippen molar-refractivity contribution in [1.82, 2.24) is 0 Å². The topological polar surface area (TPSA) is 77.5 Å². The molecule has 0 atom stereocenters. The van der Waals surface area contributed by atoms with Gasteiger partial charge < -0.3 is 9.90 Å². The van der Waals surface area contributed by atoms with E-state index >= 15 is 0 Å². The van der Waals surface area contributed by atoms with Gasteiger partial charge in [-0.3, -0.25) is 4.31 Å². The molecule has 0 saturated heterocycles. The molecule has 26 heavy (non-hydrogen) atoms. The van der Waals surface area contributed by atoms with Crippen LogP contribution in [0.4, 0.5) is 5.69 Å². The lowest BCUT2D eigenvalue weighted by atomic mass is 10.1. The number of aryl methyl sites for hydroxylation is 1. The minimum absolute atomic E-state index is 0.0349. The summed E-state index contributed by atoms with van der Waals surface area (Å²) in [6.07, 6.45) is 0. The average molecular weight is 368 g/mol. The highest BCUT2D eigenvalue weighted by Crippen LogP contribution is 2.29. The first-order valence-electron chi connectivity index (χ1n) is 8.02. The number of fused-ring (bicyclic) bond motifs is 1. The first-order chi connectivity index (χ1) is 12.2. The van der Waals surface area contributed by atoms with Gasteiger partial charge in [0.05, 0.1) is 16.6 Å². The van der Waals surface area contributed by atoms with E-state index < -0.39 is 16.0 Å². The molecular formula is C20H18NO4S-. The maximum atomic E-state index is 13.1. The summed E-state index contributed by atoms with van der Waals surface area (Å²) in [5, 5.41) is 13.1. The fraction of sp³-hybridized carbons (Fsp3) is 0.150. The van der Waals surface area contributed by atoms with Crippen LogP contribution >= 0.6 is 0 Å². The molecule has 0 heterocycles. The Balaban J connectivity index is 2.13. The van der Waals surface area contributed by atoms with Gasteiger partial charge in [-0.25, -0.2) is 8.42 Å². The molecule has 0 spiro atoms. The highest BCUT2D eigenvalue weighted by Gasteiger charge is 2.25. The molecule has 0 radical (unpaired) electrons. The van der Waals surface area contributed by atoms with Gasteiger partial charge in [0.15, 0.2) is 0 Å². The average Bonchev–Trinajstić information content (AvgIpc) is 2.62. The van der Waals surface area contributed by atoms with Gasteiger partial charge in [0.1, 0.15) is 0 Å².